The van der Waals surface area contributed by atoms with Crippen molar-refractivity contribution in [2.45, 2.75) is 57.5 Å². The summed E-state index contributed by atoms with van der Waals surface area (Å²) in [5.74, 6) is 0.454. The van der Waals surface area contributed by atoms with Crippen molar-refractivity contribution in [2.75, 3.05) is 6.54 Å². The number of halogens is 3. The highest BCUT2D eigenvalue weighted by Gasteiger charge is 2.36. The van der Waals surface area contributed by atoms with Gasteiger partial charge in [0.25, 0.3) is 0 Å². The van der Waals surface area contributed by atoms with Crippen molar-refractivity contribution in [1.29, 1.82) is 0 Å². The van der Waals surface area contributed by atoms with Crippen molar-refractivity contribution < 1.29 is 22.7 Å². The highest BCUT2D eigenvalue weighted by Crippen LogP contribution is 2.30. The number of aromatic nitrogens is 2. The monoisotopic (exact) mass is 331 g/mol. The molecule has 3 atom stereocenters. The van der Waals surface area contributed by atoms with Gasteiger partial charge < -0.3 is 14.6 Å². The Labute approximate surface area is 132 Å². The molecule has 5 nitrogen and oxygen atoms in total. The fraction of sp³-hybridized carbons (Fsp3) is 0.733. The van der Waals surface area contributed by atoms with Gasteiger partial charge in [-0.15, -0.1) is 0 Å². The molecule has 1 aromatic heterocycles. The first-order valence-corrected chi connectivity index (χ1v) is 7.89. The lowest BCUT2D eigenvalue weighted by Gasteiger charge is -2.24. The van der Waals surface area contributed by atoms with Crippen molar-refractivity contribution in [3.05, 3.63) is 17.7 Å². The van der Waals surface area contributed by atoms with Crippen LogP contribution >= 0.6 is 0 Å². The second kappa shape index (κ2) is 6.14. The third-order valence-corrected chi connectivity index (χ3v) is 4.47. The molecule has 128 valence electrons. The van der Waals surface area contributed by atoms with E-state index in [2.05, 4.69) is 10.3 Å². The number of carbonyl (C=O) groups excluding carboxylic acids is 1. The number of aryl methyl sites for hydroxylation is 1. The number of imidazole rings is 1. The van der Waals surface area contributed by atoms with Crippen LogP contribution in [0.4, 0.5) is 13.2 Å². The molecule has 1 amide bonds. The van der Waals surface area contributed by atoms with Gasteiger partial charge in [0, 0.05) is 25.7 Å². The number of nitrogens with one attached hydrogen (secondary N) is 1. The van der Waals surface area contributed by atoms with E-state index in [1.165, 1.54) is 0 Å². The maximum atomic E-state index is 12.7. The van der Waals surface area contributed by atoms with Crippen LogP contribution in [0.1, 0.15) is 37.7 Å². The van der Waals surface area contributed by atoms with Gasteiger partial charge in [0.1, 0.15) is 11.9 Å². The summed E-state index contributed by atoms with van der Waals surface area (Å²) in [7, 11) is 0. The van der Waals surface area contributed by atoms with E-state index in [9.17, 15) is 18.0 Å². The molecule has 1 N–H and O–H groups in total. The zero-order chi connectivity index (χ0) is 16.6. The zero-order valence-corrected chi connectivity index (χ0v) is 12.9. The summed E-state index contributed by atoms with van der Waals surface area (Å²) in [5, 5.41) is 2.86. The fourth-order valence-electron chi connectivity index (χ4n) is 3.17. The van der Waals surface area contributed by atoms with E-state index in [1.54, 1.807) is 4.57 Å². The molecule has 23 heavy (non-hydrogen) atoms. The van der Waals surface area contributed by atoms with E-state index < -0.39 is 18.0 Å². The lowest BCUT2D eigenvalue weighted by Crippen LogP contribution is -2.39. The number of amides is 1. The number of fused-ring (bicyclic) bond motifs is 1. The smallest absolute Gasteiger partial charge is 0.365 e. The van der Waals surface area contributed by atoms with Gasteiger partial charge in [-0.05, 0) is 32.1 Å². The number of rotatable bonds is 3. The summed E-state index contributed by atoms with van der Waals surface area (Å²) in [6.45, 7) is 2.83. The summed E-state index contributed by atoms with van der Waals surface area (Å²) >= 11 is 0. The predicted octanol–water partition coefficient (Wildman–Crippen LogP) is 2.15. The molecule has 0 bridgehead atoms. The molecule has 0 saturated carbocycles. The van der Waals surface area contributed by atoms with Crippen molar-refractivity contribution >= 4 is 5.91 Å². The third-order valence-electron chi connectivity index (χ3n) is 4.47. The molecule has 2 aliphatic rings. The Balaban J connectivity index is 1.53. The Morgan fingerprint density at radius 2 is 2.22 bits per heavy atom. The van der Waals surface area contributed by atoms with E-state index in [1.807, 2.05) is 6.92 Å². The molecule has 0 aromatic carbocycles. The Bertz CT molecular complexity index is 585. The van der Waals surface area contributed by atoms with E-state index >= 15 is 0 Å². The predicted molar refractivity (Wildman–Crippen MR) is 75.6 cm³/mol. The van der Waals surface area contributed by atoms with Crippen LogP contribution in [0.25, 0.3) is 0 Å². The van der Waals surface area contributed by atoms with Crippen molar-refractivity contribution in [3.63, 3.8) is 0 Å². The maximum Gasteiger partial charge on any atom is 0.434 e. The van der Waals surface area contributed by atoms with Gasteiger partial charge in [0.05, 0.1) is 6.10 Å². The number of nitrogens with zero attached hydrogens (tertiary/aromatic N) is 2. The lowest BCUT2D eigenvalue weighted by atomic mass is 9.99. The van der Waals surface area contributed by atoms with E-state index in [4.69, 9.17) is 4.74 Å². The molecule has 8 heteroatoms. The van der Waals surface area contributed by atoms with Crippen LogP contribution in [0.15, 0.2) is 6.20 Å². The summed E-state index contributed by atoms with van der Waals surface area (Å²) in [6, 6.07) is 0. The zero-order valence-electron chi connectivity index (χ0n) is 12.9. The average Bonchev–Trinajstić information content (AvgIpc) is 3.09. The molecular weight excluding hydrogens is 311 g/mol. The second-order valence-electron chi connectivity index (χ2n) is 6.36. The van der Waals surface area contributed by atoms with Crippen LogP contribution in [-0.2, 0) is 28.7 Å². The number of carbonyl (C=O) groups is 1. The van der Waals surface area contributed by atoms with Gasteiger partial charge in [-0.3, -0.25) is 4.79 Å². The molecule has 3 rings (SSSR count). The Morgan fingerprint density at radius 3 is 2.87 bits per heavy atom. The van der Waals surface area contributed by atoms with Crippen molar-refractivity contribution in [3.8, 4) is 0 Å². The standard InChI is InChI=1S/C15H20F3N3O2/c1-9-2-4-11(23-9)14(22)19-6-10-3-5-13-20-12(15(16,17)18)8-21(13)7-10/h8-11H,2-7H2,1H3,(H,19,22)/t9-,10-,11+/m1/s1. The van der Waals surface area contributed by atoms with Gasteiger partial charge in [0.2, 0.25) is 5.91 Å². The van der Waals surface area contributed by atoms with Crippen LogP contribution < -0.4 is 5.32 Å². The summed E-state index contributed by atoms with van der Waals surface area (Å²) < 4.78 is 45.1. The molecule has 0 aliphatic carbocycles. The van der Waals surface area contributed by atoms with E-state index in [0.29, 0.717) is 25.3 Å². The summed E-state index contributed by atoms with van der Waals surface area (Å²) in [6.07, 6.45) is -0.832. The van der Waals surface area contributed by atoms with Gasteiger partial charge in [-0.2, -0.15) is 13.2 Å². The van der Waals surface area contributed by atoms with Crippen molar-refractivity contribution in [1.82, 2.24) is 14.9 Å². The minimum Gasteiger partial charge on any atom is -0.365 e. The van der Waals surface area contributed by atoms with Gasteiger partial charge in [-0.25, -0.2) is 4.98 Å². The molecular formula is C15H20F3N3O2. The topological polar surface area (TPSA) is 56.2 Å². The quantitative estimate of drug-likeness (QED) is 0.923. The number of hydrogen-bond acceptors (Lipinski definition) is 3. The molecule has 1 aromatic rings. The largest absolute Gasteiger partial charge is 0.434 e. The number of ether oxygens (including phenoxy) is 1. The fourth-order valence-corrected chi connectivity index (χ4v) is 3.17. The Morgan fingerprint density at radius 1 is 1.43 bits per heavy atom. The molecule has 0 radical (unpaired) electrons. The van der Waals surface area contributed by atoms with E-state index in [-0.39, 0.29) is 17.9 Å². The van der Waals surface area contributed by atoms with Gasteiger partial charge in [0.15, 0.2) is 5.69 Å². The molecule has 0 spiro atoms. The van der Waals surface area contributed by atoms with Crippen LogP contribution in [0.5, 0.6) is 0 Å². The SMILES string of the molecule is C[C@@H]1CC[C@@H](C(=O)NC[C@H]2CCc3nc(C(F)(F)F)cn3C2)O1. The van der Waals surface area contributed by atoms with Crippen LogP contribution in [-0.4, -0.2) is 34.2 Å². The molecule has 1 fully saturated rings. The summed E-state index contributed by atoms with van der Waals surface area (Å²) in [4.78, 5) is 15.7. The first-order chi connectivity index (χ1) is 10.8. The number of alkyl halides is 3. The number of hydrogen-bond donors (Lipinski definition) is 1. The third kappa shape index (κ3) is 3.68. The molecule has 2 aliphatic heterocycles. The normalized spacial score (nSPS) is 27.7. The van der Waals surface area contributed by atoms with Crippen LogP contribution in [0.2, 0.25) is 0 Å². The second-order valence-corrected chi connectivity index (χ2v) is 6.36. The van der Waals surface area contributed by atoms with Crippen LogP contribution in [0, 0.1) is 5.92 Å². The van der Waals surface area contributed by atoms with Gasteiger partial charge >= 0.3 is 6.18 Å². The Kier molecular flexibility index (Phi) is 4.35. The molecule has 3 heterocycles. The highest BCUT2D eigenvalue weighted by molar-refractivity contribution is 5.81. The summed E-state index contributed by atoms with van der Waals surface area (Å²) in [5.41, 5.74) is -0.842. The minimum atomic E-state index is -4.41. The first kappa shape index (κ1) is 16.3. The first-order valence-electron chi connectivity index (χ1n) is 7.89. The van der Waals surface area contributed by atoms with E-state index in [0.717, 1.165) is 25.5 Å². The van der Waals surface area contributed by atoms with Crippen LogP contribution in [0.3, 0.4) is 0 Å². The highest BCUT2D eigenvalue weighted by atomic mass is 19.4. The average molecular weight is 331 g/mol. The van der Waals surface area contributed by atoms with Gasteiger partial charge in [-0.1, -0.05) is 0 Å². The Hall–Kier alpha value is -1.57. The lowest BCUT2D eigenvalue weighted by molar-refractivity contribution is -0.141. The molecule has 1 saturated heterocycles. The maximum absolute atomic E-state index is 12.7. The van der Waals surface area contributed by atoms with Crippen molar-refractivity contribution in [2.24, 2.45) is 5.92 Å². The molecule has 0 unspecified atom stereocenters. The minimum absolute atomic E-state index is 0.106.